The predicted octanol–water partition coefficient (Wildman–Crippen LogP) is 23.0. The van der Waals surface area contributed by atoms with Crippen LogP contribution in [-0.4, -0.2) is 74.3 Å². The highest BCUT2D eigenvalue weighted by Gasteiger charge is 2.30. The van der Waals surface area contributed by atoms with Crippen molar-refractivity contribution in [2.24, 2.45) is 0 Å². The molecule has 492 valence electrons. The molecule has 10 heteroatoms. The van der Waals surface area contributed by atoms with Crippen LogP contribution in [0.5, 0.6) is 0 Å². The van der Waals surface area contributed by atoms with Crippen LogP contribution in [0.25, 0.3) is 0 Å². The monoisotopic (exact) mass is 1200 g/mol. The summed E-state index contributed by atoms with van der Waals surface area (Å²) < 4.78 is 30.8. The number of amides is 1. The molecular weight excluding hydrogens is 1060 g/mol. The third kappa shape index (κ3) is 64.2. The van der Waals surface area contributed by atoms with Gasteiger partial charge in [0.2, 0.25) is 5.91 Å². The zero-order valence-corrected chi connectivity index (χ0v) is 57.3. The molecule has 0 saturated heterocycles. The normalized spacial score (nSPS) is 13.8. The Balaban J connectivity index is 5.07. The van der Waals surface area contributed by atoms with Crippen molar-refractivity contribution in [2.45, 2.75) is 360 Å². The molecule has 0 aromatic heterocycles. The van der Waals surface area contributed by atoms with Gasteiger partial charge >= 0.3 is 13.8 Å². The number of nitrogens with one attached hydrogen (secondary N) is 1. The molecule has 0 aliphatic heterocycles. The lowest BCUT2D eigenvalue weighted by molar-refractivity contribution is -0.870. The summed E-state index contributed by atoms with van der Waals surface area (Å²) in [7, 11) is 1.50. The molecule has 0 fully saturated rings. The lowest BCUT2D eigenvalue weighted by atomic mass is 10.0. The van der Waals surface area contributed by atoms with E-state index in [0.717, 1.165) is 89.9 Å². The van der Waals surface area contributed by atoms with Crippen molar-refractivity contribution in [1.82, 2.24) is 5.32 Å². The summed E-state index contributed by atoms with van der Waals surface area (Å²) in [6.45, 7) is 7.03. The molecule has 0 spiro atoms. The number of esters is 1. The number of likely N-dealkylation sites (N-methyl/N-ethyl adjacent to an activating group) is 1. The topological polar surface area (TPSA) is 111 Å². The van der Waals surface area contributed by atoms with E-state index >= 15 is 0 Å². The molecule has 1 amide bonds. The Kier molecular flexibility index (Phi) is 62.0. The molecule has 3 unspecified atom stereocenters. The highest BCUT2D eigenvalue weighted by atomic mass is 31.2. The van der Waals surface area contributed by atoms with Crippen molar-refractivity contribution in [1.29, 1.82) is 0 Å². The average Bonchev–Trinajstić information content (AvgIpc) is 3.65. The van der Waals surface area contributed by atoms with Crippen LogP contribution < -0.4 is 5.32 Å². The fourth-order valence-corrected chi connectivity index (χ4v) is 11.4. The molecule has 0 radical (unpaired) electrons. The van der Waals surface area contributed by atoms with Crippen LogP contribution in [-0.2, 0) is 27.9 Å². The number of carbonyl (C=O) groups is 2. The second kappa shape index (κ2) is 63.7. The Hall–Kier alpha value is -2.29. The lowest BCUT2D eigenvalue weighted by Crippen LogP contribution is -2.47. The van der Waals surface area contributed by atoms with Crippen molar-refractivity contribution >= 4 is 19.7 Å². The lowest BCUT2D eigenvalue weighted by Gasteiger charge is -2.27. The van der Waals surface area contributed by atoms with Gasteiger partial charge in [0.1, 0.15) is 19.3 Å². The van der Waals surface area contributed by atoms with E-state index in [0.29, 0.717) is 17.4 Å². The number of allylic oxidation sites excluding steroid dienone is 9. The number of unbranched alkanes of at least 4 members (excludes halogenated alkanes) is 42. The van der Waals surface area contributed by atoms with Crippen molar-refractivity contribution in [3.63, 3.8) is 0 Å². The molecule has 0 heterocycles. The molecule has 0 rings (SSSR count). The maximum Gasteiger partial charge on any atom is 0.472 e. The fourth-order valence-electron chi connectivity index (χ4n) is 10.6. The summed E-state index contributed by atoms with van der Waals surface area (Å²) >= 11 is 0. The van der Waals surface area contributed by atoms with Crippen LogP contribution in [0.2, 0.25) is 0 Å². The summed E-state index contributed by atoms with van der Waals surface area (Å²) in [5.41, 5.74) is 0. The average molecular weight is 1200 g/mol. The van der Waals surface area contributed by atoms with Gasteiger partial charge in [0.15, 0.2) is 0 Å². The predicted molar refractivity (Wildman–Crippen MR) is 365 cm³/mol. The van der Waals surface area contributed by atoms with Crippen LogP contribution >= 0.6 is 7.82 Å². The van der Waals surface area contributed by atoms with Gasteiger partial charge < -0.3 is 19.4 Å². The van der Waals surface area contributed by atoms with E-state index in [1.807, 2.05) is 33.3 Å². The fraction of sp³-hybridized carbons (Fsp3) is 0.838. The number of rotatable bonds is 66. The second-order valence-corrected chi connectivity index (χ2v) is 27.2. The van der Waals surface area contributed by atoms with Gasteiger partial charge in [-0.1, -0.05) is 319 Å². The SMILES string of the molecule is CCCCC/C=C\C/C=C\C/C=C\C/C=C\CCCCCCCCCC(=O)OC(/C=C/CCCCCCCCCCCC)C(COP(=O)(O)OCC[N+](C)(C)C)NC(=O)CCCCCCCCCCCCCCCCCCCCCCCCC. The Morgan fingerprint density at radius 1 is 0.417 bits per heavy atom. The second-order valence-electron chi connectivity index (χ2n) is 25.8. The van der Waals surface area contributed by atoms with E-state index in [1.54, 1.807) is 0 Å². The standard InChI is InChI=1S/C74H139N2O7P/c1-7-10-13-16-19-22-25-28-30-32-34-36-38-40-42-44-46-48-51-54-57-60-63-66-73(77)75-71(70-82-84(79,80)81-69-68-76(4,5)6)72(65-62-59-56-53-50-27-24-21-18-15-12-9-3)83-74(78)67-64-61-58-55-52-49-47-45-43-41-39-37-35-33-31-29-26-23-20-17-14-11-8-2/h20,23,29,31,35,37,41,43,62,65,71-72H,7-19,21-22,24-28,30,32-34,36,38-40,42,44-61,63-64,66-70H2,1-6H3,(H-,75,77,79,80)/p+1/b23-20-,31-29-,37-35-,43-41-,65-62+. The van der Waals surface area contributed by atoms with Crippen LogP contribution in [0.3, 0.4) is 0 Å². The minimum absolute atomic E-state index is 0.0388. The molecule has 0 aromatic carbocycles. The van der Waals surface area contributed by atoms with Crippen LogP contribution in [0.1, 0.15) is 348 Å². The molecule has 3 atom stereocenters. The molecule has 0 aliphatic rings. The molecular formula is C74H140N2O7P+. The van der Waals surface area contributed by atoms with E-state index < -0.39 is 20.0 Å². The van der Waals surface area contributed by atoms with Crippen molar-refractivity contribution in [3.05, 3.63) is 60.8 Å². The Morgan fingerprint density at radius 2 is 0.726 bits per heavy atom. The van der Waals surface area contributed by atoms with Crippen LogP contribution in [0, 0.1) is 0 Å². The van der Waals surface area contributed by atoms with Crippen LogP contribution in [0.4, 0.5) is 0 Å². The quantitative estimate of drug-likeness (QED) is 0.0205. The molecule has 9 nitrogen and oxygen atoms in total. The first-order valence-electron chi connectivity index (χ1n) is 36.1. The minimum atomic E-state index is -4.46. The number of nitrogens with zero attached hydrogens (tertiary/aromatic N) is 1. The summed E-state index contributed by atoms with van der Waals surface area (Å²) in [6.07, 6.45) is 82.3. The van der Waals surface area contributed by atoms with E-state index in [4.69, 9.17) is 13.8 Å². The van der Waals surface area contributed by atoms with Gasteiger partial charge in [0.25, 0.3) is 0 Å². The van der Waals surface area contributed by atoms with E-state index in [2.05, 4.69) is 74.7 Å². The molecule has 2 N–H and O–H groups in total. The number of phosphoric acid groups is 1. The Bertz CT molecular complexity index is 1620. The first kappa shape index (κ1) is 81.7. The van der Waals surface area contributed by atoms with Crippen molar-refractivity contribution in [2.75, 3.05) is 40.9 Å². The summed E-state index contributed by atoms with van der Waals surface area (Å²) in [4.78, 5) is 37.9. The zero-order valence-electron chi connectivity index (χ0n) is 56.4. The van der Waals surface area contributed by atoms with Crippen molar-refractivity contribution < 1.29 is 37.3 Å². The smallest absolute Gasteiger partial charge is 0.456 e. The first-order chi connectivity index (χ1) is 40.9. The number of hydrogen-bond donors (Lipinski definition) is 2. The first-order valence-corrected chi connectivity index (χ1v) is 37.6. The van der Waals surface area contributed by atoms with E-state index in [-0.39, 0.29) is 31.5 Å². The summed E-state index contributed by atoms with van der Waals surface area (Å²) in [5, 5.41) is 3.07. The highest BCUT2D eigenvalue weighted by molar-refractivity contribution is 7.47. The van der Waals surface area contributed by atoms with Gasteiger partial charge in [0.05, 0.1) is 33.8 Å². The van der Waals surface area contributed by atoms with Gasteiger partial charge in [-0.05, 0) is 76.7 Å². The third-order valence-corrected chi connectivity index (χ3v) is 17.2. The maximum absolute atomic E-state index is 13.6. The van der Waals surface area contributed by atoms with Gasteiger partial charge in [-0.3, -0.25) is 18.6 Å². The molecule has 84 heavy (non-hydrogen) atoms. The number of quaternary nitrogens is 1. The molecule has 0 saturated carbocycles. The highest BCUT2D eigenvalue weighted by Crippen LogP contribution is 2.43. The van der Waals surface area contributed by atoms with Gasteiger partial charge in [0, 0.05) is 12.8 Å². The summed E-state index contributed by atoms with van der Waals surface area (Å²) in [5.74, 6) is -0.503. The summed E-state index contributed by atoms with van der Waals surface area (Å²) in [6, 6.07) is -0.853. The van der Waals surface area contributed by atoms with Gasteiger partial charge in [-0.15, -0.1) is 0 Å². The van der Waals surface area contributed by atoms with E-state index in [9.17, 15) is 19.0 Å². The van der Waals surface area contributed by atoms with Crippen molar-refractivity contribution in [3.8, 4) is 0 Å². The molecule has 0 bridgehead atoms. The molecule has 0 aromatic rings. The van der Waals surface area contributed by atoms with Gasteiger partial charge in [-0.25, -0.2) is 4.57 Å². The number of ether oxygens (including phenoxy) is 1. The minimum Gasteiger partial charge on any atom is -0.456 e. The third-order valence-electron chi connectivity index (χ3n) is 16.2. The number of hydrogen-bond acceptors (Lipinski definition) is 6. The van der Waals surface area contributed by atoms with Crippen LogP contribution in [0.15, 0.2) is 60.8 Å². The Morgan fingerprint density at radius 3 is 1.11 bits per heavy atom. The maximum atomic E-state index is 13.6. The number of phosphoric ester groups is 1. The molecule has 0 aliphatic carbocycles. The van der Waals surface area contributed by atoms with E-state index in [1.165, 1.54) is 225 Å². The number of carbonyl (C=O) groups excluding carboxylic acids is 2. The zero-order chi connectivity index (χ0) is 61.4. The van der Waals surface area contributed by atoms with Gasteiger partial charge in [-0.2, -0.15) is 0 Å². The largest absolute Gasteiger partial charge is 0.472 e. The Labute approximate surface area is 521 Å².